The number of aromatic nitrogens is 2. The first-order valence-electron chi connectivity index (χ1n) is 10.3. The van der Waals surface area contributed by atoms with Gasteiger partial charge in [0.15, 0.2) is 5.03 Å². The summed E-state index contributed by atoms with van der Waals surface area (Å²) in [4.78, 5) is 16.6. The molecule has 0 unspecified atom stereocenters. The van der Waals surface area contributed by atoms with Gasteiger partial charge in [0.05, 0.1) is 12.4 Å². The monoisotopic (exact) mass is 434 g/mol. The fraction of sp³-hybridized carbons (Fsp3) is 0.524. The predicted octanol–water partition coefficient (Wildman–Crippen LogP) is 2.41. The molecule has 1 N–H and O–H groups in total. The van der Waals surface area contributed by atoms with Crippen LogP contribution in [0.15, 0.2) is 41.8 Å². The van der Waals surface area contributed by atoms with Gasteiger partial charge >= 0.3 is 0 Å². The number of carbonyl (C=O) groups is 1. The molecule has 164 valence electrons. The molecule has 0 radical (unpaired) electrons. The Morgan fingerprint density at radius 3 is 2.47 bits per heavy atom. The van der Waals surface area contributed by atoms with Crippen LogP contribution in [-0.2, 0) is 27.9 Å². The molecule has 8 nitrogen and oxygen atoms in total. The average Bonchev–Trinajstić information content (AvgIpc) is 3.23. The first-order chi connectivity index (χ1) is 14.3. The molecule has 9 heteroatoms. The van der Waals surface area contributed by atoms with Gasteiger partial charge < -0.3 is 14.6 Å². The number of imidazole rings is 1. The summed E-state index contributed by atoms with van der Waals surface area (Å²) in [5, 5.41) is 3.03. The highest BCUT2D eigenvalue weighted by Gasteiger charge is 2.33. The van der Waals surface area contributed by atoms with Crippen molar-refractivity contribution in [2.75, 3.05) is 13.1 Å². The molecule has 1 aliphatic heterocycles. The van der Waals surface area contributed by atoms with Crippen molar-refractivity contribution in [3.05, 3.63) is 42.4 Å². The van der Waals surface area contributed by atoms with E-state index in [0.29, 0.717) is 39.0 Å². The van der Waals surface area contributed by atoms with E-state index in [-0.39, 0.29) is 23.0 Å². The van der Waals surface area contributed by atoms with E-state index >= 15 is 0 Å². The fourth-order valence-corrected chi connectivity index (χ4v) is 4.83. The van der Waals surface area contributed by atoms with E-state index in [4.69, 9.17) is 4.74 Å². The third-order valence-corrected chi connectivity index (χ3v) is 6.95. The van der Waals surface area contributed by atoms with Gasteiger partial charge in [-0.2, -0.15) is 4.31 Å². The van der Waals surface area contributed by atoms with Crippen LogP contribution in [0.1, 0.15) is 39.2 Å². The van der Waals surface area contributed by atoms with Gasteiger partial charge in [-0.05, 0) is 51.3 Å². The van der Waals surface area contributed by atoms with Crippen LogP contribution >= 0.6 is 0 Å². The zero-order valence-electron chi connectivity index (χ0n) is 17.7. The van der Waals surface area contributed by atoms with Gasteiger partial charge in [0.1, 0.15) is 5.75 Å². The maximum atomic E-state index is 12.7. The van der Waals surface area contributed by atoms with E-state index in [1.807, 2.05) is 45.0 Å². The van der Waals surface area contributed by atoms with Gasteiger partial charge in [-0.15, -0.1) is 0 Å². The molecule has 1 fully saturated rings. The van der Waals surface area contributed by atoms with E-state index in [0.717, 1.165) is 11.3 Å². The van der Waals surface area contributed by atoms with Gasteiger partial charge in [0.25, 0.3) is 10.0 Å². The lowest BCUT2D eigenvalue weighted by Gasteiger charge is -2.29. The highest BCUT2D eigenvalue weighted by atomic mass is 32.2. The molecule has 1 aromatic heterocycles. The van der Waals surface area contributed by atoms with Crippen molar-refractivity contribution in [1.82, 2.24) is 19.2 Å². The number of sulfonamides is 1. The van der Waals surface area contributed by atoms with Gasteiger partial charge in [-0.3, -0.25) is 4.79 Å². The summed E-state index contributed by atoms with van der Waals surface area (Å²) in [6.45, 7) is 7.62. The van der Waals surface area contributed by atoms with Crippen molar-refractivity contribution in [3.63, 3.8) is 0 Å². The number of aryl methyl sites for hydroxylation is 1. The maximum absolute atomic E-state index is 12.7. The molecule has 2 aromatic rings. The van der Waals surface area contributed by atoms with Gasteiger partial charge in [-0.25, -0.2) is 13.4 Å². The van der Waals surface area contributed by atoms with Crippen molar-refractivity contribution >= 4 is 15.9 Å². The lowest BCUT2D eigenvalue weighted by molar-refractivity contribution is -0.126. The number of nitrogens with zero attached hydrogens (tertiary/aromatic N) is 3. The molecular formula is C21H30N4O4S. The Bertz CT molecular complexity index is 946. The molecular weight excluding hydrogens is 404 g/mol. The number of amides is 1. The van der Waals surface area contributed by atoms with Crippen molar-refractivity contribution in [3.8, 4) is 5.75 Å². The Kier molecular flexibility index (Phi) is 7.14. The largest absolute Gasteiger partial charge is 0.491 e. The van der Waals surface area contributed by atoms with Crippen molar-refractivity contribution < 1.29 is 17.9 Å². The Hall–Kier alpha value is -2.39. The minimum atomic E-state index is -3.61. The molecule has 30 heavy (non-hydrogen) atoms. The molecule has 2 heterocycles. The highest BCUT2D eigenvalue weighted by Crippen LogP contribution is 2.23. The number of rotatable bonds is 8. The smallest absolute Gasteiger partial charge is 0.262 e. The van der Waals surface area contributed by atoms with Gasteiger partial charge in [-0.1, -0.05) is 12.1 Å². The van der Waals surface area contributed by atoms with Crippen molar-refractivity contribution in [1.29, 1.82) is 0 Å². The number of benzene rings is 1. The number of carbonyl (C=O) groups excluding carboxylic acids is 1. The molecule has 1 saturated heterocycles. The quantitative estimate of drug-likeness (QED) is 0.689. The molecule has 1 aliphatic rings. The third-order valence-electron chi connectivity index (χ3n) is 5.17. The second-order valence-electron chi connectivity index (χ2n) is 7.75. The molecule has 0 atom stereocenters. The minimum Gasteiger partial charge on any atom is -0.491 e. The summed E-state index contributed by atoms with van der Waals surface area (Å²) in [5.74, 6) is 0.579. The number of nitrogens with one attached hydrogen (secondary N) is 1. The second-order valence-corrected chi connectivity index (χ2v) is 9.63. The Morgan fingerprint density at radius 1 is 1.23 bits per heavy atom. The summed E-state index contributed by atoms with van der Waals surface area (Å²) in [7, 11) is -3.61. The van der Waals surface area contributed by atoms with Crippen molar-refractivity contribution in [2.24, 2.45) is 5.92 Å². The van der Waals surface area contributed by atoms with E-state index in [9.17, 15) is 13.2 Å². The summed E-state index contributed by atoms with van der Waals surface area (Å²) in [6.07, 6.45) is 4.19. The fourth-order valence-electron chi connectivity index (χ4n) is 3.43. The topological polar surface area (TPSA) is 93.5 Å². The molecule has 0 saturated carbocycles. The predicted molar refractivity (Wildman–Crippen MR) is 113 cm³/mol. The molecule has 0 spiro atoms. The Labute approximate surface area is 178 Å². The summed E-state index contributed by atoms with van der Waals surface area (Å²) in [6, 6.07) is 7.65. The van der Waals surface area contributed by atoms with Gasteiger partial charge in [0, 0.05) is 38.3 Å². The minimum absolute atomic E-state index is 0.0372. The molecule has 0 bridgehead atoms. The van der Waals surface area contributed by atoms with Crippen LogP contribution in [-0.4, -0.2) is 47.4 Å². The summed E-state index contributed by atoms with van der Waals surface area (Å²) in [5.41, 5.74) is 0.992. The first kappa shape index (κ1) is 22.3. The summed E-state index contributed by atoms with van der Waals surface area (Å²) < 4.78 is 34.2. The second kappa shape index (κ2) is 9.61. The average molecular weight is 435 g/mol. The summed E-state index contributed by atoms with van der Waals surface area (Å²) >= 11 is 0. The van der Waals surface area contributed by atoms with Crippen LogP contribution in [0.2, 0.25) is 0 Å². The Balaban J connectivity index is 1.49. The lowest BCUT2D eigenvalue weighted by Crippen LogP contribution is -2.42. The SMILES string of the molecule is CCn1cnc(S(=O)(=O)N2CCC(C(=O)NCc3ccc(OC(C)C)cc3)CC2)c1. The van der Waals surface area contributed by atoms with E-state index in [2.05, 4.69) is 10.3 Å². The van der Waals surface area contributed by atoms with E-state index < -0.39 is 10.0 Å². The van der Waals surface area contributed by atoms with Crippen LogP contribution < -0.4 is 10.1 Å². The first-order valence-corrected chi connectivity index (χ1v) is 11.8. The van der Waals surface area contributed by atoms with Crippen molar-refractivity contribution in [2.45, 2.75) is 57.8 Å². The molecule has 1 amide bonds. The van der Waals surface area contributed by atoms with Crippen LogP contribution in [0.5, 0.6) is 5.75 Å². The van der Waals surface area contributed by atoms with E-state index in [1.165, 1.54) is 10.6 Å². The zero-order chi connectivity index (χ0) is 21.7. The maximum Gasteiger partial charge on any atom is 0.262 e. The van der Waals surface area contributed by atoms with E-state index in [1.54, 1.807) is 10.8 Å². The number of hydrogen-bond donors (Lipinski definition) is 1. The molecule has 3 rings (SSSR count). The van der Waals surface area contributed by atoms with Crippen LogP contribution in [0.3, 0.4) is 0 Å². The van der Waals surface area contributed by atoms with Crippen LogP contribution in [0.4, 0.5) is 0 Å². The zero-order valence-corrected chi connectivity index (χ0v) is 18.6. The number of ether oxygens (including phenoxy) is 1. The standard InChI is InChI=1S/C21H30N4O4S/c1-4-24-14-20(23-15-24)30(27,28)25-11-9-18(10-12-25)21(26)22-13-17-5-7-19(8-6-17)29-16(2)3/h5-8,14-16,18H,4,9-13H2,1-3H3,(H,22,26). The van der Waals surface area contributed by atoms with Crippen LogP contribution in [0.25, 0.3) is 0 Å². The van der Waals surface area contributed by atoms with Crippen LogP contribution in [0, 0.1) is 5.92 Å². The normalized spacial score (nSPS) is 16.0. The lowest BCUT2D eigenvalue weighted by atomic mass is 9.97. The Morgan fingerprint density at radius 2 is 1.90 bits per heavy atom. The third kappa shape index (κ3) is 5.40. The highest BCUT2D eigenvalue weighted by molar-refractivity contribution is 7.89. The van der Waals surface area contributed by atoms with Gasteiger partial charge in [0.2, 0.25) is 5.91 Å². The molecule has 0 aliphatic carbocycles. The molecule has 1 aromatic carbocycles. The number of hydrogen-bond acceptors (Lipinski definition) is 5. The number of piperidine rings is 1.